The zero-order chi connectivity index (χ0) is 12.6. The highest BCUT2D eigenvalue weighted by Crippen LogP contribution is 2.00. The van der Waals surface area contributed by atoms with Crippen LogP contribution in [0.15, 0.2) is 33.9 Å². The summed E-state index contributed by atoms with van der Waals surface area (Å²) < 4.78 is 0. The van der Waals surface area contributed by atoms with E-state index in [0.717, 1.165) is 0 Å². The van der Waals surface area contributed by atoms with Gasteiger partial charge in [0.15, 0.2) is 0 Å². The highest BCUT2D eigenvalue weighted by atomic mass is 16.1. The molecule has 0 radical (unpaired) electrons. The van der Waals surface area contributed by atoms with E-state index in [1.807, 2.05) is 27.7 Å². The third-order valence-electron chi connectivity index (χ3n) is 1.71. The summed E-state index contributed by atoms with van der Waals surface area (Å²) in [4.78, 5) is 22.2. The van der Waals surface area contributed by atoms with E-state index in [1.54, 1.807) is 24.3 Å². The number of hydrogen-bond acceptors (Lipinski definition) is 2. The number of H-pyrrole nitrogens is 2. The van der Waals surface area contributed by atoms with Gasteiger partial charge in [-0.15, -0.1) is 0 Å². The minimum atomic E-state index is -0.273. The van der Waals surface area contributed by atoms with Crippen molar-refractivity contribution in [3.8, 4) is 0 Å². The Hall–Kier alpha value is -1.84. The summed E-state index contributed by atoms with van der Waals surface area (Å²) in [6.07, 6.45) is 0. The largest absolute Gasteiger partial charge is 0.270 e. The Morgan fingerprint density at radius 1 is 0.750 bits per heavy atom. The van der Waals surface area contributed by atoms with Gasteiger partial charge in [-0.1, -0.05) is 39.8 Å². The number of aromatic nitrogens is 2. The fourth-order valence-corrected chi connectivity index (χ4v) is 1.13. The molecule has 0 fully saturated rings. The third-order valence-corrected chi connectivity index (χ3v) is 1.71. The van der Waals surface area contributed by atoms with Gasteiger partial charge in [0.2, 0.25) is 0 Å². The lowest BCUT2D eigenvalue weighted by Gasteiger charge is -1.92. The zero-order valence-corrected chi connectivity index (χ0v) is 10.1. The molecule has 1 heterocycles. The monoisotopic (exact) mass is 222 g/mol. The molecule has 1 aromatic heterocycles. The van der Waals surface area contributed by atoms with Crippen LogP contribution in [0, 0.1) is 0 Å². The van der Waals surface area contributed by atoms with Gasteiger partial charge < -0.3 is 0 Å². The van der Waals surface area contributed by atoms with Crippen LogP contribution in [0.4, 0.5) is 0 Å². The van der Waals surface area contributed by atoms with Crippen LogP contribution in [0.2, 0.25) is 0 Å². The van der Waals surface area contributed by atoms with Crippen molar-refractivity contribution in [2.45, 2.75) is 27.7 Å². The molecule has 1 aromatic carbocycles. The molecule has 0 saturated heterocycles. The topological polar surface area (TPSA) is 65.7 Å². The molecule has 0 amide bonds. The predicted octanol–water partition coefficient (Wildman–Crippen LogP) is 2.27. The summed E-state index contributed by atoms with van der Waals surface area (Å²) in [5, 5.41) is 5.33. The Bertz CT molecular complexity index is 478. The molecule has 0 bridgehead atoms. The second-order valence-corrected chi connectivity index (χ2v) is 2.45. The van der Waals surface area contributed by atoms with E-state index >= 15 is 0 Å². The Labute approximate surface area is 94.3 Å². The van der Waals surface area contributed by atoms with E-state index < -0.39 is 0 Å². The van der Waals surface area contributed by atoms with E-state index in [0.29, 0.717) is 10.8 Å². The van der Waals surface area contributed by atoms with Crippen molar-refractivity contribution in [3.63, 3.8) is 0 Å². The number of rotatable bonds is 0. The summed E-state index contributed by atoms with van der Waals surface area (Å²) in [5.74, 6) is 0. The van der Waals surface area contributed by atoms with Gasteiger partial charge in [0.05, 0.1) is 10.8 Å². The Morgan fingerprint density at radius 3 is 1.38 bits per heavy atom. The number of benzene rings is 1. The molecule has 88 valence electrons. The van der Waals surface area contributed by atoms with Crippen molar-refractivity contribution in [1.82, 2.24) is 10.2 Å². The van der Waals surface area contributed by atoms with Gasteiger partial charge in [0, 0.05) is 0 Å². The van der Waals surface area contributed by atoms with Crippen LogP contribution in [-0.2, 0) is 0 Å². The number of hydrogen-bond donors (Lipinski definition) is 2. The number of fused-ring (bicyclic) bond motifs is 1. The van der Waals surface area contributed by atoms with Gasteiger partial charge >= 0.3 is 0 Å². The van der Waals surface area contributed by atoms with Crippen molar-refractivity contribution in [3.05, 3.63) is 45.0 Å². The SMILES string of the molecule is CC.CC.O=c1[nH][nH]c(=O)c2ccccc12. The lowest BCUT2D eigenvalue weighted by atomic mass is 10.2. The fourth-order valence-electron chi connectivity index (χ4n) is 1.13. The summed E-state index contributed by atoms with van der Waals surface area (Å²) >= 11 is 0. The molecule has 4 heteroatoms. The molecule has 0 spiro atoms. The summed E-state index contributed by atoms with van der Waals surface area (Å²) in [5.41, 5.74) is -0.546. The molecule has 4 nitrogen and oxygen atoms in total. The molecule has 2 N–H and O–H groups in total. The minimum absolute atomic E-state index is 0.273. The smallest absolute Gasteiger partial charge is 0.267 e. The molecule has 0 saturated carbocycles. The number of nitrogens with one attached hydrogen (secondary N) is 2. The van der Waals surface area contributed by atoms with Crippen molar-refractivity contribution in [1.29, 1.82) is 0 Å². The van der Waals surface area contributed by atoms with Crippen molar-refractivity contribution in [2.75, 3.05) is 0 Å². The van der Waals surface area contributed by atoms with E-state index in [1.165, 1.54) is 0 Å². The Morgan fingerprint density at radius 2 is 1.06 bits per heavy atom. The highest BCUT2D eigenvalue weighted by Gasteiger charge is 1.98. The second-order valence-electron chi connectivity index (χ2n) is 2.45. The maximum Gasteiger partial charge on any atom is 0.270 e. The molecule has 2 aromatic rings. The lowest BCUT2D eigenvalue weighted by Crippen LogP contribution is -2.18. The molecule has 16 heavy (non-hydrogen) atoms. The third kappa shape index (κ3) is 3.08. The Kier molecular flexibility index (Phi) is 6.59. The molecule has 2 rings (SSSR count). The first-order valence-electron chi connectivity index (χ1n) is 5.49. The van der Waals surface area contributed by atoms with Crippen molar-refractivity contribution < 1.29 is 0 Å². The normalized spacial score (nSPS) is 8.50. The highest BCUT2D eigenvalue weighted by molar-refractivity contribution is 5.79. The standard InChI is InChI=1S/C8H6N2O2.2C2H6/c11-7-5-3-1-2-4-6(5)8(12)10-9-7;2*1-2/h1-4H,(H,9,11)(H,10,12);2*1-2H3. The quantitative estimate of drug-likeness (QED) is 0.718. The average molecular weight is 222 g/mol. The van der Waals surface area contributed by atoms with Crippen LogP contribution in [-0.4, -0.2) is 10.2 Å². The molecular weight excluding hydrogens is 204 g/mol. The van der Waals surface area contributed by atoms with E-state index in [-0.39, 0.29) is 11.1 Å². The second kappa shape index (κ2) is 7.45. The minimum Gasteiger partial charge on any atom is -0.267 e. The van der Waals surface area contributed by atoms with Crippen LogP contribution in [0.1, 0.15) is 27.7 Å². The predicted molar refractivity (Wildman–Crippen MR) is 67.9 cm³/mol. The first-order chi connectivity index (χ1) is 7.79. The molecule has 0 aliphatic rings. The van der Waals surface area contributed by atoms with Gasteiger partial charge in [0.25, 0.3) is 11.1 Å². The van der Waals surface area contributed by atoms with Crippen LogP contribution in [0.25, 0.3) is 10.8 Å². The summed E-state index contributed by atoms with van der Waals surface area (Å²) in [7, 11) is 0. The van der Waals surface area contributed by atoms with E-state index in [9.17, 15) is 9.59 Å². The molecule has 0 atom stereocenters. The molecular formula is C12H18N2O2. The first-order valence-corrected chi connectivity index (χ1v) is 5.49. The van der Waals surface area contributed by atoms with Crippen LogP contribution in [0.5, 0.6) is 0 Å². The molecule has 0 aliphatic heterocycles. The van der Waals surface area contributed by atoms with Crippen molar-refractivity contribution in [2.24, 2.45) is 0 Å². The summed E-state index contributed by atoms with van der Waals surface area (Å²) in [6.45, 7) is 8.00. The van der Waals surface area contributed by atoms with Crippen LogP contribution in [0.3, 0.4) is 0 Å². The first kappa shape index (κ1) is 14.2. The van der Waals surface area contributed by atoms with Gasteiger partial charge in [-0.25, -0.2) is 0 Å². The Balaban J connectivity index is 0.000000509. The fraction of sp³-hybridized carbons (Fsp3) is 0.333. The molecule has 0 unspecified atom stereocenters. The van der Waals surface area contributed by atoms with Crippen LogP contribution < -0.4 is 11.1 Å². The molecule has 0 aliphatic carbocycles. The van der Waals surface area contributed by atoms with Crippen LogP contribution >= 0.6 is 0 Å². The maximum atomic E-state index is 11.1. The zero-order valence-electron chi connectivity index (χ0n) is 10.1. The average Bonchev–Trinajstić information content (AvgIpc) is 2.39. The van der Waals surface area contributed by atoms with Gasteiger partial charge in [-0.05, 0) is 12.1 Å². The lowest BCUT2D eigenvalue weighted by molar-refractivity contribution is 0.976. The van der Waals surface area contributed by atoms with Gasteiger partial charge in [-0.2, -0.15) is 0 Å². The summed E-state index contributed by atoms with van der Waals surface area (Å²) in [6, 6.07) is 6.67. The van der Waals surface area contributed by atoms with Gasteiger partial charge in [-0.3, -0.25) is 19.8 Å². The van der Waals surface area contributed by atoms with Gasteiger partial charge in [0.1, 0.15) is 0 Å². The number of aromatic amines is 2. The van der Waals surface area contributed by atoms with Crippen molar-refractivity contribution >= 4 is 10.8 Å². The van der Waals surface area contributed by atoms with E-state index in [4.69, 9.17) is 0 Å². The maximum absolute atomic E-state index is 11.1. The van der Waals surface area contributed by atoms with E-state index in [2.05, 4.69) is 10.2 Å².